The summed E-state index contributed by atoms with van der Waals surface area (Å²) >= 11 is 0. The predicted octanol–water partition coefficient (Wildman–Crippen LogP) is 1.99. The summed E-state index contributed by atoms with van der Waals surface area (Å²) in [5.74, 6) is 0. The number of nitrogens with two attached hydrogens (primary N) is 1. The molecule has 4 rings (SSSR count). The molecule has 1 aromatic carbocycles. The van der Waals surface area contributed by atoms with Crippen LogP contribution >= 0.6 is 0 Å². The Morgan fingerprint density at radius 2 is 2.14 bits per heavy atom. The van der Waals surface area contributed by atoms with Gasteiger partial charge in [-0.25, -0.2) is 9.61 Å². The molecule has 0 atom stereocenters. The zero-order valence-electron chi connectivity index (χ0n) is 12.2. The first-order valence-corrected chi connectivity index (χ1v) is 6.91. The zero-order valence-corrected chi connectivity index (χ0v) is 12.2. The molecule has 0 unspecified atom stereocenters. The first-order valence-electron chi connectivity index (χ1n) is 6.91. The third-order valence-corrected chi connectivity index (χ3v) is 3.83. The van der Waals surface area contributed by atoms with Gasteiger partial charge in [0, 0.05) is 36.3 Å². The third kappa shape index (κ3) is 1.90. The van der Waals surface area contributed by atoms with Gasteiger partial charge in [0.25, 0.3) is 0 Å². The van der Waals surface area contributed by atoms with Crippen molar-refractivity contribution >= 4 is 27.8 Å². The Labute approximate surface area is 125 Å². The second-order valence-electron chi connectivity index (χ2n) is 5.40. The Hall–Kier alpha value is -2.96. The number of aromatic nitrogens is 5. The number of pyridine rings is 1. The molecule has 0 fully saturated rings. The fourth-order valence-electron chi connectivity index (χ4n) is 2.73. The second-order valence-corrected chi connectivity index (χ2v) is 5.40. The van der Waals surface area contributed by atoms with E-state index in [9.17, 15) is 0 Å². The van der Waals surface area contributed by atoms with Crippen molar-refractivity contribution in [2.24, 2.45) is 7.05 Å². The van der Waals surface area contributed by atoms with Gasteiger partial charge >= 0.3 is 0 Å². The van der Waals surface area contributed by atoms with Gasteiger partial charge in [0.15, 0.2) is 5.52 Å². The van der Waals surface area contributed by atoms with Gasteiger partial charge in [0.2, 0.25) is 5.65 Å². The summed E-state index contributed by atoms with van der Waals surface area (Å²) < 4.78 is 6.52. The van der Waals surface area contributed by atoms with Gasteiger partial charge in [-0.3, -0.25) is 4.68 Å². The summed E-state index contributed by atoms with van der Waals surface area (Å²) in [6, 6.07) is 6.19. The average Bonchev–Trinajstić information content (AvgIpc) is 3.08. The van der Waals surface area contributed by atoms with E-state index >= 15 is 0 Å². The number of benzene rings is 1. The van der Waals surface area contributed by atoms with Gasteiger partial charge in [0.1, 0.15) is 0 Å². The molecule has 0 spiro atoms. The topological polar surface area (TPSA) is 95.7 Å². The van der Waals surface area contributed by atoms with E-state index in [-0.39, 0.29) is 0 Å². The molecule has 7 heteroatoms. The van der Waals surface area contributed by atoms with E-state index in [1.165, 1.54) is 0 Å². The van der Waals surface area contributed by atoms with Crippen LogP contribution in [0.1, 0.15) is 16.8 Å². The highest BCUT2D eigenvalue weighted by atomic mass is 16.6. The standard InChI is InChI=1S/C15H14N6O/c1-8-11(13(16)14-15(17-8)20-22-19-14)6-9-3-4-12-10(5-9)7-21(2)18-12/h3-5,7H,6,16H2,1-2H3. The van der Waals surface area contributed by atoms with Crippen LogP contribution in [0.25, 0.3) is 22.1 Å². The number of rotatable bonds is 2. The highest BCUT2D eigenvalue weighted by Gasteiger charge is 2.15. The Bertz CT molecular complexity index is 1000. The summed E-state index contributed by atoms with van der Waals surface area (Å²) in [6.45, 7) is 1.92. The van der Waals surface area contributed by atoms with Crippen LogP contribution in [0.3, 0.4) is 0 Å². The van der Waals surface area contributed by atoms with E-state index in [2.05, 4.69) is 32.5 Å². The molecule has 0 aliphatic carbocycles. The molecule has 22 heavy (non-hydrogen) atoms. The van der Waals surface area contributed by atoms with Crippen LogP contribution in [0.5, 0.6) is 0 Å². The lowest BCUT2D eigenvalue weighted by Gasteiger charge is -2.08. The number of nitrogen functional groups attached to an aromatic ring is 1. The number of hydrogen-bond donors (Lipinski definition) is 1. The summed E-state index contributed by atoms with van der Waals surface area (Å²) in [6.07, 6.45) is 2.68. The van der Waals surface area contributed by atoms with E-state index in [1.807, 2.05) is 30.9 Å². The first kappa shape index (κ1) is 12.8. The lowest BCUT2D eigenvalue weighted by molar-refractivity contribution is 0.315. The lowest BCUT2D eigenvalue weighted by atomic mass is 10.0. The van der Waals surface area contributed by atoms with E-state index in [0.717, 1.165) is 27.7 Å². The van der Waals surface area contributed by atoms with E-state index < -0.39 is 0 Å². The lowest BCUT2D eigenvalue weighted by Crippen LogP contribution is -2.02. The van der Waals surface area contributed by atoms with Gasteiger partial charge in [0.05, 0.1) is 11.2 Å². The minimum atomic E-state index is 0.446. The van der Waals surface area contributed by atoms with Crippen molar-refractivity contribution in [2.75, 3.05) is 5.73 Å². The molecule has 0 aliphatic heterocycles. The smallest absolute Gasteiger partial charge is 0.226 e. The Morgan fingerprint density at radius 1 is 1.27 bits per heavy atom. The molecule has 2 N–H and O–H groups in total. The number of anilines is 1. The van der Waals surface area contributed by atoms with Crippen molar-refractivity contribution in [3.8, 4) is 0 Å². The number of nitrogens with zero attached hydrogens (tertiary/aromatic N) is 5. The van der Waals surface area contributed by atoms with Crippen LogP contribution in [0.15, 0.2) is 29.0 Å². The molecule has 0 amide bonds. The molecule has 3 aromatic heterocycles. The van der Waals surface area contributed by atoms with Crippen LogP contribution in [0.2, 0.25) is 0 Å². The SMILES string of the molecule is Cc1nc2nonc2c(N)c1Cc1ccc2nn(C)cc2c1. The van der Waals surface area contributed by atoms with Gasteiger partial charge < -0.3 is 5.73 Å². The average molecular weight is 294 g/mol. The van der Waals surface area contributed by atoms with E-state index in [4.69, 9.17) is 10.4 Å². The molecule has 0 saturated carbocycles. The first-order chi connectivity index (χ1) is 10.6. The van der Waals surface area contributed by atoms with Crippen molar-refractivity contribution in [1.82, 2.24) is 25.1 Å². The summed E-state index contributed by atoms with van der Waals surface area (Å²) in [4.78, 5) is 4.40. The fraction of sp³-hybridized carbons (Fsp3) is 0.200. The minimum absolute atomic E-state index is 0.446. The fourth-order valence-corrected chi connectivity index (χ4v) is 2.73. The zero-order chi connectivity index (χ0) is 15.3. The van der Waals surface area contributed by atoms with Gasteiger partial charge in [-0.05, 0) is 34.9 Å². The molecule has 0 aliphatic rings. The molecule has 0 radical (unpaired) electrons. The second kappa shape index (κ2) is 4.52. The monoisotopic (exact) mass is 294 g/mol. The third-order valence-electron chi connectivity index (χ3n) is 3.83. The molecule has 3 heterocycles. The van der Waals surface area contributed by atoms with Crippen LogP contribution < -0.4 is 5.73 Å². The largest absolute Gasteiger partial charge is 0.396 e. The summed E-state index contributed by atoms with van der Waals surface area (Å²) in [5, 5.41) is 13.1. The number of hydrogen-bond acceptors (Lipinski definition) is 6. The van der Waals surface area contributed by atoms with Gasteiger partial charge in [-0.2, -0.15) is 5.10 Å². The summed E-state index contributed by atoms with van der Waals surface area (Å²) in [5.41, 5.74) is 11.7. The summed E-state index contributed by atoms with van der Waals surface area (Å²) in [7, 11) is 1.91. The van der Waals surface area contributed by atoms with Crippen LogP contribution in [-0.2, 0) is 13.5 Å². The van der Waals surface area contributed by atoms with Crippen molar-refractivity contribution < 1.29 is 4.63 Å². The maximum atomic E-state index is 6.21. The molecular weight excluding hydrogens is 280 g/mol. The Balaban J connectivity index is 1.81. The van der Waals surface area contributed by atoms with E-state index in [1.54, 1.807) is 0 Å². The number of fused-ring (bicyclic) bond motifs is 2. The Kier molecular flexibility index (Phi) is 2.62. The van der Waals surface area contributed by atoms with Crippen molar-refractivity contribution in [2.45, 2.75) is 13.3 Å². The van der Waals surface area contributed by atoms with Crippen molar-refractivity contribution in [1.29, 1.82) is 0 Å². The quantitative estimate of drug-likeness (QED) is 0.607. The van der Waals surface area contributed by atoms with Crippen LogP contribution in [0.4, 0.5) is 5.69 Å². The molecule has 0 bridgehead atoms. The minimum Gasteiger partial charge on any atom is -0.396 e. The molecule has 0 saturated heterocycles. The highest BCUT2D eigenvalue weighted by molar-refractivity contribution is 5.86. The highest BCUT2D eigenvalue weighted by Crippen LogP contribution is 2.26. The Morgan fingerprint density at radius 3 is 3.00 bits per heavy atom. The molecular formula is C15H14N6O. The van der Waals surface area contributed by atoms with E-state index in [0.29, 0.717) is 23.3 Å². The number of aryl methyl sites for hydroxylation is 2. The van der Waals surface area contributed by atoms with Crippen LogP contribution in [-0.4, -0.2) is 25.1 Å². The molecule has 4 aromatic rings. The maximum absolute atomic E-state index is 6.21. The van der Waals surface area contributed by atoms with Crippen LogP contribution in [0, 0.1) is 6.92 Å². The molecule has 7 nitrogen and oxygen atoms in total. The van der Waals surface area contributed by atoms with Crippen molar-refractivity contribution in [3.05, 3.63) is 41.2 Å². The van der Waals surface area contributed by atoms with Gasteiger partial charge in [-0.15, -0.1) is 0 Å². The maximum Gasteiger partial charge on any atom is 0.226 e. The predicted molar refractivity (Wildman–Crippen MR) is 82.3 cm³/mol. The van der Waals surface area contributed by atoms with Gasteiger partial charge in [-0.1, -0.05) is 6.07 Å². The molecule has 110 valence electrons. The normalized spacial score (nSPS) is 11.5. The van der Waals surface area contributed by atoms with Crippen molar-refractivity contribution in [3.63, 3.8) is 0 Å².